The molecule has 1 aromatic carbocycles. The van der Waals surface area contributed by atoms with Crippen molar-refractivity contribution in [2.24, 2.45) is 0 Å². The molecule has 0 aliphatic rings. The van der Waals surface area contributed by atoms with E-state index in [1.165, 1.54) is 22.4 Å². The molecular weight excluding hydrogens is 208 g/mol. The molecule has 0 atom stereocenters. The summed E-state index contributed by atoms with van der Waals surface area (Å²) in [5.74, 6) is 0. The van der Waals surface area contributed by atoms with E-state index in [0.29, 0.717) is 0 Å². The van der Waals surface area contributed by atoms with E-state index in [0.717, 1.165) is 5.69 Å². The zero-order valence-corrected chi connectivity index (χ0v) is 10.9. The van der Waals surface area contributed by atoms with Crippen LogP contribution in [0.15, 0.2) is 36.5 Å². The first kappa shape index (κ1) is 11.6. The van der Waals surface area contributed by atoms with Gasteiger partial charge in [-0.15, -0.1) is 0 Å². The summed E-state index contributed by atoms with van der Waals surface area (Å²) in [6.45, 7) is 4.24. The molecule has 0 unspecified atom stereocenters. The standard InChI is InChI=1S/C15H18N2/c1-11-5-6-14(12(2)9-11)15-10-13(17(3)4)7-8-16-15/h5-10H,1-4H3. The molecule has 0 spiro atoms. The minimum Gasteiger partial charge on any atom is -0.378 e. The van der Waals surface area contributed by atoms with E-state index in [2.05, 4.69) is 48.0 Å². The molecule has 0 bridgehead atoms. The number of nitrogens with zero attached hydrogens (tertiary/aromatic N) is 2. The van der Waals surface area contributed by atoms with E-state index >= 15 is 0 Å². The molecule has 88 valence electrons. The molecule has 2 rings (SSSR count). The van der Waals surface area contributed by atoms with Crippen LogP contribution in [0.5, 0.6) is 0 Å². The Morgan fingerprint density at radius 3 is 2.41 bits per heavy atom. The Morgan fingerprint density at radius 2 is 1.76 bits per heavy atom. The number of aromatic nitrogens is 1. The van der Waals surface area contributed by atoms with Crippen molar-refractivity contribution >= 4 is 5.69 Å². The van der Waals surface area contributed by atoms with Gasteiger partial charge in [0, 0.05) is 31.5 Å². The second-order valence-corrected chi connectivity index (χ2v) is 4.61. The number of rotatable bonds is 2. The highest BCUT2D eigenvalue weighted by molar-refractivity contribution is 5.67. The zero-order chi connectivity index (χ0) is 12.4. The molecule has 2 heteroatoms. The van der Waals surface area contributed by atoms with Gasteiger partial charge in [-0.05, 0) is 31.5 Å². The molecule has 1 aromatic heterocycles. The lowest BCUT2D eigenvalue weighted by Gasteiger charge is -2.14. The summed E-state index contributed by atoms with van der Waals surface area (Å²) >= 11 is 0. The van der Waals surface area contributed by atoms with Crippen LogP contribution in [0, 0.1) is 13.8 Å². The summed E-state index contributed by atoms with van der Waals surface area (Å²) in [5, 5.41) is 0. The van der Waals surface area contributed by atoms with Gasteiger partial charge in [-0.1, -0.05) is 23.8 Å². The largest absolute Gasteiger partial charge is 0.378 e. The van der Waals surface area contributed by atoms with Crippen molar-refractivity contribution in [1.82, 2.24) is 4.98 Å². The minimum atomic E-state index is 1.04. The first-order chi connectivity index (χ1) is 8.08. The lowest BCUT2D eigenvalue weighted by atomic mass is 10.0. The Labute approximate surface area is 103 Å². The van der Waals surface area contributed by atoms with Gasteiger partial charge in [-0.3, -0.25) is 4.98 Å². The Morgan fingerprint density at radius 1 is 1.00 bits per heavy atom. The van der Waals surface area contributed by atoms with Crippen molar-refractivity contribution in [1.29, 1.82) is 0 Å². The third-order valence-corrected chi connectivity index (χ3v) is 2.92. The summed E-state index contributed by atoms with van der Waals surface area (Å²) < 4.78 is 0. The van der Waals surface area contributed by atoms with Crippen LogP contribution < -0.4 is 4.90 Å². The average molecular weight is 226 g/mol. The van der Waals surface area contributed by atoms with Gasteiger partial charge >= 0.3 is 0 Å². The average Bonchev–Trinajstić information content (AvgIpc) is 2.29. The monoisotopic (exact) mass is 226 g/mol. The topological polar surface area (TPSA) is 16.1 Å². The molecule has 2 nitrogen and oxygen atoms in total. The van der Waals surface area contributed by atoms with Crippen LogP contribution >= 0.6 is 0 Å². The third kappa shape index (κ3) is 2.47. The number of benzene rings is 1. The van der Waals surface area contributed by atoms with Gasteiger partial charge in [0.2, 0.25) is 0 Å². The Kier molecular flexibility index (Phi) is 3.14. The number of anilines is 1. The van der Waals surface area contributed by atoms with Gasteiger partial charge in [0.25, 0.3) is 0 Å². The SMILES string of the molecule is Cc1ccc(-c2cc(N(C)C)ccn2)c(C)c1. The molecule has 0 aliphatic carbocycles. The van der Waals surface area contributed by atoms with E-state index in [1.54, 1.807) is 0 Å². The van der Waals surface area contributed by atoms with E-state index in [1.807, 2.05) is 26.4 Å². The van der Waals surface area contributed by atoms with Gasteiger partial charge in [-0.2, -0.15) is 0 Å². The molecule has 0 N–H and O–H groups in total. The fraction of sp³-hybridized carbons (Fsp3) is 0.267. The van der Waals surface area contributed by atoms with Crippen LogP contribution in [-0.2, 0) is 0 Å². The van der Waals surface area contributed by atoms with Crippen molar-refractivity contribution < 1.29 is 0 Å². The summed E-state index contributed by atoms with van der Waals surface area (Å²) in [4.78, 5) is 6.55. The summed E-state index contributed by atoms with van der Waals surface area (Å²) in [7, 11) is 4.09. The molecule has 1 heterocycles. The number of hydrogen-bond acceptors (Lipinski definition) is 2. The maximum absolute atomic E-state index is 4.46. The summed E-state index contributed by atoms with van der Waals surface area (Å²) in [6.07, 6.45) is 1.87. The smallest absolute Gasteiger partial charge is 0.0725 e. The first-order valence-corrected chi connectivity index (χ1v) is 5.79. The maximum Gasteiger partial charge on any atom is 0.0725 e. The molecule has 0 saturated heterocycles. The maximum atomic E-state index is 4.46. The van der Waals surface area contributed by atoms with Crippen molar-refractivity contribution in [3.8, 4) is 11.3 Å². The lowest BCUT2D eigenvalue weighted by molar-refractivity contribution is 1.12. The normalized spacial score (nSPS) is 10.4. The summed E-state index contributed by atoms with van der Waals surface area (Å²) in [6, 6.07) is 10.6. The van der Waals surface area contributed by atoms with Gasteiger partial charge < -0.3 is 4.90 Å². The van der Waals surface area contributed by atoms with Crippen LogP contribution in [0.25, 0.3) is 11.3 Å². The molecule has 0 aliphatic heterocycles. The Balaban J connectivity index is 2.49. The van der Waals surface area contributed by atoms with Gasteiger partial charge in [0.1, 0.15) is 0 Å². The van der Waals surface area contributed by atoms with E-state index in [4.69, 9.17) is 0 Å². The van der Waals surface area contributed by atoms with Crippen molar-refractivity contribution in [3.63, 3.8) is 0 Å². The van der Waals surface area contributed by atoms with Crippen molar-refractivity contribution in [2.75, 3.05) is 19.0 Å². The predicted octanol–water partition coefficient (Wildman–Crippen LogP) is 3.43. The van der Waals surface area contributed by atoms with E-state index in [9.17, 15) is 0 Å². The molecular formula is C15H18N2. The molecule has 0 fully saturated rings. The fourth-order valence-electron chi connectivity index (χ4n) is 1.95. The predicted molar refractivity (Wildman–Crippen MR) is 73.5 cm³/mol. The van der Waals surface area contributed by atoms with Crippen LogP contribution in [0.3, 0.4) is 0 Å². The third-order valence-electron chi connectivity index (χ3n) is 2.92. The van der Waals surface area contributed by atoms with Gasteiger partial charge in [-0.25, -0.2) is 0 Å². The van der Waals surface area contributed by atoms with Gasteiger partial charge in [0.15, 0.2) is 0 Å². The lowest BCUT2D eigenvalue weighted by Crippen LogP contribution is -2.08. The van der Waals surface area contributed by atoms with Crippen LogP contribution in [0.1, 0.15) is 11.1 Å². The number of aryl methyl sites for hydroxylation is 2. The molecule has 17 heavy (non-hydrogen) atoms. The highest BCUT2D eigenvalue weighted by Crippen LogP contribution is 2.25. The second kappa shape index (κ2) is 4.58. The number of pyridine rings is 1. The van der Waals surface area contributed by atoms with E-state index < -0.39 is 0 Å². The van der Waals surface area contributed by atoms with Crippen molar-refractivity contribution in [2.45, 2.75) is 13.8 Å². The molecule has 2 aromatic rings. The number of hydrogen-bond donors (Lipinski definition) is 0. The molecule has 0 radical (unpaired) electrons. The quantitative estimate of drug-likeness (QED) is 0.780. The first-order valence-electron chi connectivity index (χ1n) is 5.79. The van der Waals surface area contributed by atoms with Gasteiger partial charge in [0.05, 0.1) is 5.69 Å². The Bertz CT molecular complexity index is 530. The summed E-state index contributed by atoms with van der Waals surface area (Å²) in [5.41, 5.74) is 5.98. The van der Waals surface area contributed by atoms with Crippen LogP contribution in [0.2, 0.25) is 0 Å². The molecule has 0 amide bonds. The zero-order valence-electron chi connectivity index (χ0n) is 10.9. The highest BCUT2D eigenvalue weighted by atomic mass is 15.1. The molecule has 0 saturated carbocycles. The van der Waals surface area contributed by atoms with Crippen LogP contribution in [0.4, 0.5) is 5.69 Å². The van der Waals surface area contributed by atoms with E-state index in [-0.39, 0.29) is 0 Å². The van der Waals surface area contributed by atoms with Crippen molar-refractivity contribution in [3.05, 3.63) is 47.7 Å². The highest BCUT2D eigenvalue weighted by Gasteiger charge is 2.05. The fourth-order valence-corrected chi connectivity index (χ4v) is 1.95. The second-order valence-electron chi connectivity index (χ2n) is 4.61. The Hall–Kier alpha value is -1.83. The minimum absolute atomic E-state index is 1.04. The van der Waals surface area contributed by atoms with Crippen LogP contribution in [-0.4, -0.2) is 19.1 Å².